The molecule has 0 aromatic carbocycles. The average Bonchev–Trinajstić information content (AvgIpc) is 2.70. The van der Waals surface area contributed by atoms with E-state index in [0.29, 0.717) is 0 Å². The van der Waals surface area contributed by atoms with Gasteiger partial charge in [0.15, 0.2) is 0 Å². The quantitative estimate of drug-likeness (QED) is 0.795. The molecular weight excluding hydrogens is 190 g/mol. The Morgan fingerprint density at radius 1 is 1.47 bits per heavy atom. The second kappa shape index (κ2) is 3.76. The maximum Gasteiger partial charge on any atom is 0.203 e. The molecule has 80 valence electrons. The summed E-state index contributed by atoms with van der Waals surface area (Å²) in [7, 11) is 1.98. The molecule has 0 fully saturated rings. The van der Waals surface area contributed by atoms with Gasteiger partial charge in [-0.25, -0.2) is 4.98 Å². The molecular formula is C10H15N5. The summed E-state index contributed by atoms with van der Waals surface area (Å²) in [5, 5.41) is 10.1. The molecule has 0 saturated heterocycles. The van der Waals surface area contributed by atoms with Gasteiger partial charge in [-0.3, -0.25) is 5.10 Å². The fraction of sp³-hybridized carbons (Fsp3) is 0.400. The zero-order valence-electron chi connectivity index (χ0n) is 9.20. The van der Waals surface area contributed by atoms with Crippen molar-refractivity contribution in [3.05, 3.63) is 29.3 Å². The minimum absolute atomic E-state index is 0.743. The zero-order chi connectivity index (χ0) is 10.8. The Labute approximate surface area is 88.5 Å². The number of aromatic amines is 1. The molecule has 2 rings (SSSR count). The second-order valence-corrected chi connectivity index (χ2v) is 3.69. The van der Waals surface area contributed by atoms with Crippen LogP contribution in [0.3, 0.4) is 0 Å². The third kappa shape index (κ3) is 2.01. The number of nitrogens with one attached hydrogen (secondary N) is 2. The SMILES string of the molecule is Cc1cn(C)c(NCc2cn[nH]c2C)n1. The Morgan fingerprint density at radius 2 is 2.27 bits per heavy atom. The first-order valence-corrected chi connectivity index (χ1v) is 4.89. The molecule has 5 nitrogen and oxygen atoms in total. The van der Waals surface area contributed by atoms with Crippen LogP contribution < -0.4 is 5.32 Å². The maximum absolute atomic E-state index is 4.36. The van der Waals surface area contributed by atoms with Crippen LogP contribution in [0.2, 0.25) is 0 Å². The summed E-state index contributed by atoms with van der Waals surface area (Å²) >= 11 is 0. The van der Waals surface area contributed by atoms with Crippen LogP contribution >= 0.6 is 0 Å². The Balaban J connectivity index is 2.05. The van der Waals surface area contributed by atoms with Gasteiger partial charge in [0, 0.05) is 31.0 Å². The highest BCUT2D eigenvalue weighted by atomic mass is 15.2. The Morgan fingerprint density at radius 3 is 2.80 bits per heavy atom. The summed E-state index contributed by atoms with van der Waals surface area (Å²) in [4.78, 5) is 4.36. The van der Waals surface area contributed by atoms with E-state index in [9.17, 15) is 0 Å². The van der Waals surface area contributed by atoms with E-state index in [2.05, 4.69) is 20.5 Å². The third-order valence-corrected chi connectivity index (χ3v) is 2.37. The highest BCUT2D eigenvalue weighted by Gasteiger charge is 2.03. The van der Waals surface area contributed by atoms with Crippen LogP contribution in [0.5, 0.6) is 0 Å². The normalized spacial score (nSPS) is 10.6. The lowest BCUT2D eigenvalue weighted by Gasteiger charge is -2.04. The lowest BCUT2D eigenvalue weighted by Crippen LogP contribution is -2.04. The van der Waals surface area contributed by atoms with Crippen LogP contribution in [-0.2, 0) is 13.6 Å². The molecule has 2 aromatic heterocycles. The molecule has 0 radical (unpaired) electrons. The third-order valence-electron chi connectivity index (χ3n) is 2.37. The summed E-state index contributed by atoms with van der Waals surface area (Å²) in [6, 6.07) is 0. The summed E-state index contributed by atoms with van der Waals surface area (Å²) in [6.07, 6.45) is 3.82. The number of imidazole rings is 1. The molecule has 2 heterocycles. The Kier molecular flexibility index (Phi) is 2.45. The lowest BCUT2D eigenvalue weighted by atomic mass is 10.3. The molecule has 5 heteroatoms. The molecule has 0 atom stereocenters. The molecule has 0 saturated carbocycles. The van der Waals surface area contributed by atoms with Gasteiger partial charge in [0.1, 0.15) is 0 Å². The topological polar surface area (TPSA) is 58.5 Å². The first-order chi connectivity index (χ1) is 7.16. The minimum Gasteiger partial charge on any atom is -0.351 e. The Bertz CT molecular complexity index is 454. The fourth-order valence-electron chi connectivity index (χ4n) is 1.51. The van der Waals surface area contributed by atoms with Crippen LogP contribution in [-0.4, -0.2) is 19.7 Å². The van der Waals surface area contributed by atoms with Crippen molar-refractivity contribution in [1.82, 2.24) is 19.7 Å². The van der Waals surface area contributed by atoms with Gasteiger partial charge in [0.2, 0.25) is 5.95 Å². The highest BCUT2D eigenvalue weighted by molar-refractivity contribution is 5.30. The Hall–Kier alpha value is -1.78. The summed E-state index contributed by atoms with van der Waals surface area (Å²) in [5.74, 6) is 0.883. The fourth-order valence-corrected chi connectivity index (χ4v) is 1.51. The van der Waals surface area contributed by atoms with Gasteiger partial charge in [-0.05, 0) is 13.8 Å². The van der Waals surface area contributed by atoms with E-state index < -0.39 is 0 Å². The van der Waals surface area contributed by atoms with E-state index in [-0.39, 0.29) is 0 Å². The van der Waals surface area contributed by atoms with Gasteiger partial charge in [0.05, 0.1) is 11.9 Å². The van der Waals surface area contributed by atoms with Crippen molar-refractivity contribution in [2.45, 2.75) is 20.4 Å². The van der Waals surface area contributed by atoms with Crippen molar-refractivity contribution in [2.24, 2.45) is 7.05 Å². The smallest absolute Gasteiger partial charge is 0.203 e. The largest absolute Gasteiger partial charge is 0.351 e. The van der Waals surface area contributed by atoms with Gasteiger partial charge >= 0.3 is 0 Å². The molecule has 2 aromatic rings. The van der Waals surface area contributed by atoms with Crippen LogP contribution in [0, 0.1) is 13.8 Å². The van der Waals surface area contributed by atoms with Crippen molar-refractivity contribution in [2.75, 3.05) is 5.32 Å². The standard InChI is InChI=1S/C10H15N5/c1-7-6-15(3)10(13-7)11-4-9-5-12-14-8(9)2/h5-6H,4H2,1-3H3,(H,11,13)(H,12,14). The first kappa shape index (κ1) is 9.76. The molecule has 0 unspecified atom stereocenters. The van der Waals surface area contributed by atoms with E-state index in [0.717, 1.165) is 29.4 Å². The lowest BCUT2D eigenvalue weighted by molar-refractivity contribution is 0.898. The predicted octanol–water partition coefficient (Wildman–Crippen LogP) is 1.37. The number of aromatic nitrogens is 4. The van der Waals surface area contributed by atoms with Crippen LogP contribution in [0.25, 0.3) is 0 Å². The molecule has 0 spiro atoms. The first-order valence-electron chi connectivity index (χ1n) is 4.89. The molecule has 0 amide bonds. The van der Waals surface area contributed by atoms with Crippen molar-refractivity contribution in [1.29, 1.82) is 0 Å². The van der Waals surface area contributed by atoms with E-state index in [1.54, 1.807) is 0 Å². The molecule has 0 aliphatic heterocycles. The van der Waals surface area contributed by atoms with Gasteiger partial charge < -0.3 is 9.88 Å². The van der Waals surface area contributed by atoms with E-state index in [1.165, 1.54) is 0 Å². The number of hydrogen-bond acceptors (Lipinski definition) is 3. The maximum atomic E-state index is 4.36. The van der Waals surface area contributed by atoms with Crippen LogP contribution in [0.15, 0.2) is 12.4 Å². The average molecular weight is 205 g/mol. The van der Waals surface area contributed by atoms with Gasteiger partial charge in [0.25, 0.3) is 0 Å². The molecule has 15 heavy (non-hydrogen) atoms. The monoisotopic (exact) mass is 205 g/mol. The molecule has 0 aliphatic carbocycles. The van der Waals surface area contributed by atoms with Crippen molar-refractivity contribution >= 4 is 5.95 Å². The van der Waals surface area contributed by atoms with Gasteiger partial charge in [-0.15, -0.1) is 0 Å². The second-order valence-electron chi connectivity index (χ2n) is 3.69. The minimum atomic E-state index is 0.743. The summed E-state index contributed by atoms with van der Waals surface area (Å²) in [6.45, 7) is 4.73. The molecule has 2 N–H and O–H groups in total. The number of anilines is 1. The number of H-pyrrole nitrogens is 1. The molecule has 0 bridgehead atoms. The van der Waals surface area contributed by atoms with Crippen molar-refractivity contribution < 1.29 is 0 Å². The van der Waals surface area contributed by atoms with Crippen molar-refractivity contribution in [3.63, 3.8) is 0 Å². The van der Waals surface area contributed by atoms with Gasteiger partial charge in [-0.1, -0.05) is 0 Å². The number of aryl methyl sites for hydroxylation is 3. The highest BCUT2D eigenvalue weighted by Crippen LogP contribution is 2.09. The van der Waals surface area contributed by atoms with Crippen molar-refractivity contribution in [3.8, 4) is 0 Å². The zero-order valence-corrected chi connectivity index (χ0v) is 9.20. The number of hydrogen-bond donors (Lipinski definition) is 2. The number of nitrogens with zero attached hydrogens (tertiary/aromatic N) is 3. The van der Waals surface area contributed by atoms with Crippen LogP contribution in [0.1, 0.15) is 17.0 Å². The van der Waals surface area contributed by atoms with E-state index >= 15 is 0 Å². The van der Waals surface area contributed by atoms with E-state index in [1.807, 2.05) is 37.9 Å². The van der Waals surface area contributed by atoms with Crippen LogP contribution in [0.4, 0.5) is 5.95 Å². The van der Waals surface area contributed by atoms with Gasteiger partial charge in [-0.2, -0.15) is 5.10 Å². The summed E-state index contributed by atoms with van der Waals surface area (Å²) < 4.78 is 1.98. The number of rotatable bonds is 3. The summed E-state index contributed by atoms with van der Waals surface area (Å²) in [5.41, 5.74) is 3.27. The van der Waals surface area contributed by atoms with E-state index in [4.69, 9.17) is 0 Å². The molecule has 0 aliphatic rings. The predicted molar refractivity (Wildman–Crippen MR) is 58.6 cm³/mol.